The molecule has 0 aliphatic carbocycles. The van der Waals surface area contributed by atoms with Crippen LogP contribution in [-0.2, 0) is 24.5 Å². The number of nitrogens with zero attached hydrogens (tertiary/aromatic N) is 4. The summed E-state index contributed by atoms with van der Waals surface area (Å²) >= 11 is 1.17. The Morgan fingerprint density at radius 3 is 2.10 bits per heavy atom. The topological polar surface area (TPSA) is 64.7 Å². The quantitative estimate of drug-likeness (QED) is 0.282. The second-order valence-electron chi connectivity index (χ2n) is 6.24. The van der Waals surface area contributed by atoms with E-state index in [4.69, 9.17) is 4.52 Å². The van der Waals surface area contributed by atoms with E-state index in [0.717, 1.165) is 11.4 Å². The highest BCUT2D eigenvalue weighted by atomic mass is 32.2. The zero-order valence-corrected chi connectivity index (χ0v) is 16.4. The van der Waals surface area contributed by atoms with Crippen LogP contribution in [0.1, 0.15) is 35.3 Å². The molecule has 3 aromatic rings. The van der Waals surface area contributed by atoms with Gasteiger partial charge in [0.05, 0.1) is 16.9 Å². The van der Waals surface area contributed by atoms with Crippen molar-refractivity contribution in [2.24, 2.45) is 0 Å². The van der Waals surface area contributed by atoms with Crippen molar-refractivity contribution in [2.75, 3.05) is 0 Å². The van der Waals surface area contributed by atoms with Crippen molar-refractivity contribution in [3.8, 4) is 11.5 Å². The van der Waals surface area contributed by atoms with Gasteiger partial charge in [-0.2, -0.15) is 31.3 Å². The van der Waals surface area contributed by atoms with Gasteiger partial charge in [0.15, 0.2) is 11.0 Å². The first-order valence-corrected chi connectivity index (χ1v) is 9.54. The average Bonchev–Trinajstić information content (AvgIpc) is 3.13. The fourth-order valence-corrected chi connectivity index (χ4v) is 3.25. The van der Waals surface area contributed by atoms with Gasteiger partial charge in [-0.05, 0) is 37.6 Å². The largest absolute Gasteiger partial charge is 0.416 e. The number of rotatable bonds is 5. The van der Waals surface area contributed by atoms with Crippen LogP contribution in [0.3, 0.4) is 0 Å². The number of hydrogen-bond donors (Lipinski definition) is 0. The van der Waals surface area contributed by atoms with E-state index < -0.39 is 34.9 Å². The minimum Gasteiger partial charge on any atom is -0.334 e. The van der Waals surface area contributed by atoms with Gasteiger partial charge in [-0.15, -0.1) is 0 Å². The lowest BCUT2D eigenvalue weighted by molar-refractivity contribution is -0.143. The van der Waals surface area contributed by atoms with Gasteiger partial charge in [0.2, 0.25) is 0 Å². The molecule has 0 radical (unpaired) electrons. The van der Waals surface area contributed by atoms with E-state index in [9.17, 15) is 26.3 Å². The van der Waals surface area contributed by atoms with Crippen molar-refractivity contribution in [2.45, 2.75) is 43.5 Å². The lowest BCUT2D eigenvalue weighted by atomic mass is 10.0. The van der Waals surface area contributed by atoms with Crippen LogP contribution in [0.15, 0.2) is 33.9 Å². The zero-order chi connectivity index (χ0) is 22.1. The van der Waals surface area contributed by atoms with Gasteiger partial charge >= 0.3 is 12.4 Å². The van der Waals surface area contributed by atoms with Crippen LogP contribution < -0.4 is 0 Å². The van der Waals surface area contributed by atoms with Gasteiger partial charge in [-0.25, -0.2) is 9.97 Å². The van der Waals surface area contributed by atoms with Gasteiger partial charge in [0.1, 0.15) is 0 Å². The van der Waals surface area contributed by atoms with Gasteiger partial charge in [0.25, 0.3) is 5.89 Å². The summed E-state index contributed by atoms with van der Waals surface area (Å²) < 4.78 is 82.9. The van der Waals surface area contributed by atoms with Crippen molar-refractivity contribution in [1.29, 1.82) is 0 Å². The molecule has 0 unspecified atom stereocenters. The Balaban J connectivity index is 1.86. The summed E-state index contributed by atoms with van der Waals surface area (Å²) in [6.07, 6.45) is -9.22. The van der Waals surface area contributed by atoms with E-state index in [2.05, 4.69) is 20.1 Å². The van der Waals surface area contributed by atoms with Gasteiger partial charge in [0, 0.05) is 17.0 Å². The van der Waals surface area contributed by atoms with E-state index in [-0.39, 0.29) is 17.6 Å². The Hall–Kier alpha value is -2.63. The van der Waals surface area contributed by atoms with Crippen LogP contribution in [-0.4, -0.2) is 20.1 Å². The average molecular weight is 448 g/mol. The second kappa shape index (κ2) is 8.25. The summed E-state index contributed by atoms with van der Waals surface area (Å²) in [7, 11) is 0. The van der Waals surface area contributed by atoms with Gasteiger partial charge in [-0.3, -0.25) is 0 Å². The Morgan fingerprint density at radius 2 is 1.53 bits per heavy atom. The number of thioether (sulfide) groups is 1. The molecule has 0 atom stereocenters. The Morgan fingerprint density at radius 1 is 0.900 bits per heavy atom. The van der Waals surface area contributed by atoms with Gasteiger partial charge in [-0.1, -0.05) is 23.8 Å². The fourth-order valence-electron chi connectivity index (χ4n) is 2.49. The molecule has 0 saturated carbocycles. The highest BCUT2D eigenvalue weighted by Gasteiger charge is 2.37. The van der Waals surface area contributed by atoms with Crippen molar-refractivity contribution in [1.82, 2.24) is 20.1 Å². The fraction of sp³-hybridized carbons (Fsp3) is 0.333. The molecule has 2 aromatic heterocycles. The molecule has 160 valence electrons. The molecule has 0 aliphatic rings. The van der Waals surface area contributed by atoms with Crippen LogP contribution in [0.2, 0.25) is 0 Å². The van der Waals surface area contributed by atoms with Crippen LogP contribution in [0, 0.1) is 6.92 Å². The van der Waals surface area contributed by atoms with Crippen molar-refractivity contribution >= 4 is 11.8 Å². The standard InChI is InChI=1S/C18H14F6N4OS/c1-3-13-4-9(2)25-16(26-13)30-8-14-27-15(29-28-14)10-5-11(17(19,20)21)7-12(6-10)18(22,23)24/h4-7H,3,8H2,1-2H3. The highest BCUT2D eigenvalue weighted by molar-refractivity contribution is 7.98. The summed E-state index contributed by atoms with van der Waals surface area (Å²) in [5.41, 5.74) is -1.78. The summed E-state index contributed by atoms with van der Waals surface area (Å²) in [5, 5.41) is 4.09. The van der Waals surface area contributed by atoms with E-state index in [1.165, 1.54) is 11.8 Å². The van der Waals surface area contributed by atoms with Crippen molar-refractivity contribution in [3.63, 3.8) is 0 Å². The molecule has 2 heterocycles. The third-order valence-electron chi connectivity index (χ3n) is 3.88. The third-order valence-corrected chi connectivity index (χ3v) is 4.73. The minimum absolute atomic E-state index is 0.0387. The second-order valence-corrected chi connectivity index (χ2v) is 7.18. The first-order valence-electron chi connectivity index (χ1n) is 8.55. The molecular formula is C18H14F6N4OS. The lowest BCUT2D eigenvalue weighted by Crippen LogP contribution is -2.11. The number of hydrogen-bond acceptors (Lipinski definition) is 6. The Bertz CT molecular complexity index is 1020. The molecule has 30 heavy (non-hydrogen) atoms. The molecule has 0 fully saturated rings. The molecule has 0 bridgehead atoms. The monoisotopic (exact) mass is 448 g/mol. The molecule has 3 rings (SSSR count). The maximum atomic E-state index is 13.0. The van der Waals surface area contributed by atoms with Crippen molar-refractivity contribution < 1.29 is 30.9 Å². The first-order chi connectivity index (χ1) is 14.0. The third kappa shape index (κ3) is 5.29. The molecular weight excluding hydrogens is 434 g/mol. The Kier molecular flexibility index (Phi) is 6.06. The van der Waals surface area contributed by atoms with Gasteiger partial charge < -0.3 is 4.52 Å². The maximum Gasteiger partial charge on any atom is 0.416 e. The number of aryl methyl sites for hydroxylation is 2. The lowest BCUT2D eigenvalue weighted by Gasteiger charge is -2.12. The molecule has 0 aliphatic heterocycles. The maximum absolute atomic E-state index is 13.0. The summed E-state index contributed by atoms with van der Waals surface area (Å²) in [6.45, 7) is 3.75. The Labute approximate surface area is 170 Å². The predicted octanol–water partition coefficient (Wildman–Crippen LogP) is 5.73. The molecule has 12 heteroatoms. The van der Waals surface area contributed by atoms with E-state index in [0.29, 0.717) is 23.7 Å². The van der Waals surface area contributed by atoms with Crippen LogP contribution >= 0.6 is 11.8 Å². The number of aromatic nitrogens is 4. The molecule has 0 saturated heterocycles. The SMILES string of the molecule is CCc1cc(C)nc(SCc2noc(-c3cc(C(F)(F)F)cc(C(F)(F)F)c3)n2)n1. The first kappa shape index (κ1) is 22.1. The smallest absolute Gasteiger partial charge is 0.334 e. The number of benzene rings is 1. The number of halogens is 6. The zero-order valence-electron chi connectivity index (χ0n) is 15.6. The van der Waals surface area contributed by atoms with Crippen molar-refractivity contribution in [3.05, 3.63) is 52.6 Å². The molecule has 0 N–H and O–H groups in total. The van der Waals surface area contributed by atoms with E-state index in [1.807, 2.05) is 19.9 Å². The summed E-state index contributed by atoms with van der Waals surface area (Å²) in [4.78, 5) is 12.5. The van der Waals surface area contributed by atoms with Crippen LogP contribution in [0.25, 0.3) is 11.5 Å². The van der Waals surface area contributed by atoms with E-state index in [1.54, 1.807) is 0 Å². The number of alkyl halides is 6. The molecule has 0 amide bonds. The predicted molar refractivity (Wildman–Crippen MR) is 95.4 cm³/mol. The van der Waals surface area contributed by atoms with Crippen LogP contribution in [0.5, 0.6) is 0 Å². The summed E-state index contributed by atoms with van der Waals surface area (Å²) in [5.74, 6) is -0.230. The molecule has 0 spiro atoms. The minimum atomic E-state index is -4.96. The highest BCUT2D eigenvalue weighted by Crippen LogP contribution is 2.38. The molecule has 1 aromatic carbocycles. The van der Waals surface area contributed by atoms with E-state index >= 15 is 0 Å². The molecule has 5 nitrogen and oxygen atoms in total. The summed E-state index contributed by atoms with van der Waals surface area (Å²) in [6, 6.07) is 2.95. The van der Waals surface area contributed by atoms with Crippen LogP contribution in [0.4, 0.5) is 26.3 Å². The normalized spacial score (nSPS) is 12.4.